The van der Waals surface area contributed by atoms with Crippen LogP contribution in [0.4, 0.5) is 0 Å². The highest BCUT2D eigenvalue weighted by atomic mass is 16.5. The highest BCUT2D eigenvalue weighted by Crippen LogP contribution is 2.23. The Labute approximate surface area is 122 Å². The van der Waals surface area contributed by atoms with Gasteiger partial charge in [-0.15, -0.1) is 0 Å². The summed E-state index contributed by atoms with van der Waals surface area (Å²) >= 11 is 0. The lowest BCUT2D eigenvalue weighted by atomic mass is 10.1. The summed E-state index contributed by atoms with van der Waals surface area (Å²) in [6.07, 6.45) is 0. The maximum Gasteiger partial charge on any atom is 0.359 e. The van der Waals surface area contributed by atoms with Crippen LogP contribution in [0.3, 0.4) is 0 Å². The van der Waals surface area contributed by atoms with Gasteiger partial charge in [0.05, 0.1) is 17.6 Å². The fraction of sp³-hybridized carbons (Fsp3) is 0.118. The number of para-hydroxylation sites is 2. The Bertz CT molecular complexity index is 785. The third-order valence-corrected chi connectivity index (χ3v) is 3.09. The monoisotopic (exact) mass is 278 g/mol. The Morgan fingerprint density at radius 1 is 0.952 bits per heavy atom. The fourth-order valence-corrected chi connectivity index (χ4v) is 2.14. The second-order valence-electron chi connectivity index (χ2n) is 4.50. The average Bonchev–Trinajstić information content (AvgIpc) is 2.54. The Morgan fingerprint density at radius 3 is 2.24 bits per heavy atom. The third-order valence-electron chi connectivity index (χ3n) is 3.09. The number of benzene rings is 2. The number of hydrogen-bond acceptors (Lipinski definition) is 4. The van der Waals surface area contributed by atoms with Crippen molar-refractivity contribution < 1.29 is 9.53 Å². The molecule has 0 aliphatic rings. The molecule has 0 bridgehead atoms. The second-order valence-corrected chi connectivity index (χ2v) is 4.50. The standard InChI is InChI=1S/C17H14N2O2/c1-2-21-17(20)16-15(12-8-4-3-5-9-12)18-13-10-6-7-11-14(13)19-16/h3-11H,2H2,1H3. The molecule has 0 aliphatic heterocycles. The van der Waals surface area contributed by atoms with Gasteiger partial charge in [0.15, 0.2) is 5.69 Å². The van der Waals surface area contributed by atoms with Crippen LogP contribution in [-0.2, 0) is 4.74 Å². The molecule has 21 heavy (non-hydrogen) atoms. The van der Waals surface area contributed by atoms with Gasteiger partial charge in [-0.2, -0.15) is 0 Å². The van der Waals surface area contributed by atoms with E-state index < -0.39 is 5.97 Å². The second kappa shape index (κ2) is 5.71. The number of aromatic nitrogens is 2. The van der Waals surface area contributed by atoms with Gasteiger partial charge in [0.1, 0.15) is 5.69 Å². The molecule has 0 atom stereocenters. The van der Waals surface area contributed by atoms with Gasteiger partial charge in [-0.05, 0) is 19.1 Å². The van der Waals surface area contributed by atoms with Gasteiger partial charge >= 0.3 is 5.97 Å². The SMILES string of the molecule is CCOC(=O)c1nc2ccccc2nc1-c1ccccc1. The molecule has 1 aromatic heterocycles. The maximum atomic E-state index is 12.2. The first kappa shape index (κ1) is 13.2. The summed E-state index contributed by atoms with van der Waals surface area (Å²) in [5, 5.41) is 0. The van der Waals surface area contributed by atoms with Crippen LogP contribution in [0, 0.1) is 0 Å². The van der Waals surface area contributed by atoms with E-state index in [4.69, 9.17) is 4.74 Å². The minimum atomic E-state index is -0.449. The lowest BCUT2D eigenvalue weighted by Gasteiger charge is -2.09. The van der Waals surface area contributed by atoms with E-state index >= 15 is 0 Å². The predicted octanol–water partition coefficient (Wildman–Crippen LogP) is 3.47. The van der Waals surface area contributed by atoms with E-state index in [2.05, 4.69) is 9.97 Å². The number of hydrogen-bond donors (Lipinski definition) is 0. The number of nitrogens with zero attached hydrogens (tertiary/aromatic N) is 2. The lowest BCUT2D eigenvalue weighted by Crippen LogP contribution is -2.10. The molecule has 3 aromatic rings. The van der Waals surface area contributed by atoms with E-state index in [9.17, 15) is 4.79 Å². The molecular weight excluding hydrogens is 264 g/mol. The quantitative estimate of drug-likeness (QED) is 0.688. The first-order valence-electron chi connectivity index (χ1n) is 6.79. The van der Waals surface area contributed by atoms with E-state index in [-0.39, 0.29) is 5.69 Å². The largest absolute Gasteiger partial charge is 0.461 e. The molecule has 0 radical (unpaired) electrons. The van der Waals surface area contributed by atoms with Gasteiger partial charge in [0.2, 0.25) is 0 Å². The molecular formula is C17H14N2O2. The summed E-state index contributed by atoms with van der Waals surface area (Å²) in [6, 6.07) is 17.0. The molecule has 4 nitrogen and oxygen atoms in total. The molecule has 0 amide bonds. The van der Waals surface area contributed by atoms with Crippen LogP contribution >= 0.6 is 0 Å². The van der Waals surface area contributed by atoms with Crippen LogP contribution in [0.5, 0.6) is 0 Å². The zero-order valence-corrected chi connectivity index (χ0v) is 11.6. The molecule has 104 valence electrons. The minimum absolute atomic E-state index is 0.252. The van der Waals surface area contributed by atoms with Gasteiger partial charge < -0.3 is 4.74 Å². The normalized spacial score (nSPS) is 10.5. The Hall–Kier alpha value is -2.75. The highest BCUT2D eigenvalue weighted by Gasteiger charge is 2.18. The van der Waals surface area contributed by atoms with Crippen LogP contribution in [-0.4, -0.2) is 22.5 Å². The zero-order chi connectivity index (χ0) is 14.7. The molecule has 4 heteroatoms. The summed E-state index contributed by atoms with van der Waals surface area (Å²) in [7, 11) is 0. The van der Waals surface area contributed by atoms with Crippen molar-refractivity contribution >= 4 is 17.0 Å². The number of esters is 1. The molecule has 1 heterocycles. The van der Waals surface area contributed by atoms with Crippen molar-refractivity contribution in [2.45, 2.75) is 6.92 Å². The molecule has 3 rings (SSSR count). The molecule has 0 fully saturated rings. The van der Waals surface area contributed by atoms with Gasteiger partial charge in [-0.1, -0.05) is 42.5 Å². The van der Waals surface area contributed by atoms with Crippen molar-refractivity contribution in [1.29, 1.82) is 0 Å². The smallest absolute Gasteiger partial charge is 0.359 e. The van der Waals surface area contributed by atoms with Gasteiger partial charge in [0, 0.05) is 5.56 Å². The van der Waals surface area contributed by atoms with Crippen molar-refractivity contribution in [3.63, 3.8) is 0 Å². The van der Waals surface area contributed by atoms with Crippen molar-refractivity contribution in [1.82, 2.24) is 9.97 Å². The Morgan fingerprint density at radius 2 is 1.57 bits per heavy atom. The Balaban J connectivity index is 2.24. The van der Waals surface area contributed by atoms with Crippen LogP contribution in [0.25, 0.3) is 22.3 Å². The summed E-state index contributed by atoms with van der Waals surface area (Å²) in [5.41, 5.74) is 3.08. The first-order chi connectivity index (χ1) is 10.3. The van der Waals surface area contributed by atoms with Gasteiger partial charge in [0.25, 0.3) is 0 Å². The summed E-state index contributed by atoms with van der Waals surface area (Å²) in [5.74, 6) is -0.449. The molecule has 0 saturated heterocycles. The van der Waals surface area contributed by atoms with E-state index in [1.165, 1.54) is 0 Å². The zero-order valence-electron chi connectivity index (χ0n) is 11.6. The number of carbonyl (C=O) groups is 1. The topological polar surface area (TPSA) is 52.1 Å². The molecule has 0 N–H and O–H groups in total. The fourth-order valence-electron chi connectivity index (χ4n) is 2.14. The van der Waals surface area contributed by atoms with E-state index in [0.717, 1.165) is 11.1 Å². The molecule has 2 aromatic carbocycles. The van der Waals surface area contributed by atoms with Crippen LogP contribution in [0.15, 0.2) is 54.6 Å². The molecule has 0 spiro atoms. The lowest BCUT2D eigenvalue weighted by molar-refractivity contribution is 0.0520. The minimum Gasteiger partial charge on any atom is -0.461 e. The van der Waals surface area contributed by atoms with Gasteiger partial charge in [-0.25, -0.2) is 14.8 Å². The van der Waals surface area contributed by atoms with Crippen molar-refractivity contribution in [3.05, 3.63) is 60.3 Å². The van der Waals surface area contributed by atoms with Gasteiger partial charge in [-0.3, -0.25) is 0 Å². The third kappa shape index (κ3) is 2.60. The molecule has 0 aliphatic carbocycles. The van der Waals surface area contributed by atoms with Crippen molar-refractivity contribution in [3.8, 4) is 11.3 Å². The predicted molar refractivity (Wildman–Crippen MR) is 80.9 cm³/mol. The average molecular weight is 278 g/mol. The molecule has 0 saturated carbocycles. The highest BCUT2D eigenvalue weighted by molar-refractivity contribution is 5.96. The summed E-state index contributed by atoms with van der Waals surface area (Å²) < 4.78 is 5.10. The van der Waals surface area contributed by atoms with Crippen molar-refractivity contribution in [2.75, 3.05) is 6.61 Å². The van der Waals surface area contributed by atoms with Crippen LogP contribution < -0.4 is 0 Å². The van der Waals surface area contributed by atoms with E-state index in [1.807, 2.05) is 54.6 Å². The van der Waals surface area contributed by atoms with Crippen LogP contribution in [0.1, 0.15) is 17.4 Å². The first-order valence-corrected chi connectivity index (χ1v) is 6.79. The van der Waals surface area contributed by atoms with E-state index in [1.54, 1.807) is 6.92 Å². The number of rotatable bonds is 3. The van der Waals surface area contributed by atoms with Crippen LogP contribution in [0.2, 0.25) is 0 Å². The number of fused-ring (bicyclic) bond motifs is 1. The molecule has 0 unspecified atom stereocenters. The Kier molecular flexibility index (Phi) is 3.60. The summed E-state index contributed by atoms with van der Waals surface area (Å²) in [6.45, 7) is 2.08. The number of carbonyl (C=O) groups excluding carboxylic acids is 1. The summed E-state index contributed by atoms with van der Waals surface area (Å²) in [4.78, 5) is 21.2. The van der Waals surface area contributed by atoms with Crippen molar-refractivity contribution in [2.24, 2.45) is 0 Å². The maximum absolute atomic E-state index is 12.2. The van der Waals surface area contributed by atoms with E-state index in [0.29, 0.717) is 17.8 Å². The number of ether oxygens (including phenoxy) is 1.